The van der Waals surface area contributed by atoms with Crippen LogP contribution in [0.5, 0.6) is 5.75 Å². The zero-order valence-corrected chi connectivity index (χ0v) is 12.3. The van der Waals surface area contributed by atoms with E-state index in [9.17, 15) is 9.18 Å². The number of carboxylic acids is 1. The van der Waals surface area contributed by atoms with Crippen LogP contribution in [0.15, 0.2) is 18.3 Å². The maximum Gasteiger partial charge on any atom is 0.338 e. The summed E-state index contributed by atoms with van der Waals surface area (Å²) in [5.41, 5.74) is -0.409. The number of halogens is 1. The van der Waals surface area contributed by atoms with Crippen LogP contribution in [0.1, 0.15) is 22.2 Å². The number of aromatic nitrogens is 1. The first-order valence-corrected chi connectivity index (χ1v) is 7.01. The molecule has 0 amide bonds. The second-order valence-corrected chi connectivity index (χ2v) is 5.76. The summed E-state index contributed by atoms with van der Waals surface area (Å²) in [7, 11) is 0. The van der Waals surface area contributed by atoms with Crippen molar-refractivity contribution in [2.45, 2.75) is 20.0 Å². The number of carboxylic acid groups (broad SMARTS) is 1. The quantitative estimate of drug-likeness (QED) is 0.887. The lowest BCUT2D eigenvalue weighted by atomic mass is 10.1. The van der Waals surface area contributed by atoms with E-state index in [0.717, 1.165) is 10.9 Å². The fourth-order valence-corrected chi connectivity index (χ4v) is 2.50. The molecule has 1 heterocycles. The van der Waals surface area contributed by atoms with Crippen LogP contribution in [0.4, 0.5) is 4.39 Å². The topological polar surface area (TPSA) is 79.7 Å². The van der Waals surface area contributed by atoms with Gasteiger partial charge < -0.3 is 14.9 Å². The number of thiazole rings is 1. The summed E-state index contributed by atoms with van der Waals surface area (Å²) in [6, 6.07) is 2.50. The highest BCUT2D eigenvalue weighted by Gasteiger charge is 2.20. The van der Waals surface area contributed by atoms with E-state index >= 15 is 0 Å². The van der Waals surface area contributed by atoms with Gasteiger partial charge in [0.2, 0.25) is 0 Å². The monoisotopic (exact) mass is 311 g/mol. The van der Waals surface area contributed by atoms with E-state index in [-0.39, 0.29) is 17.9 Å². The fourth-order valence-electron chi connectivity index (χ4n) is 1.73. The molecule has 0 bridgehead atoms. The van der Waals surface area contributed by atoms with Gasteiger partial charge in [-0.25, -0.2) is 14.2 Å². The van der Waals surface area contributed by atoms with Crippen LogP contribution in [0.2, 0.25) is 0 Å². The van der Waals surface area contributed by atoms with Crippen molar-refractivity contribution in [3.8, 4) is 16.3 Å². The Balaban J connectivity index is 2.54. The number of ether oxygens (including phenoxy) is 1. The number of aliphatic hydroxyl groups excluding tert-OH is 1. The van der Waals surface area contributed by atoms with Crippen molar-refractivity contribution < 1.29 is 24.1 Å². The van der Waals surface area contributed by atoms with Crippen molar-refractivity contribution in [1.82, 2.24) is 4.98 Å². The molecule has 2 N–H and O–H groups in total. The van der Waals surface area contributed by atoms with E-state index in [1.165, 1.54) is 17.4 Å². The molecule has 2 aromatic rings. The van der Waals surface area contributed by atoms with E-state index in [0.29, 0.717) is 5.01 Å². The zero-order chi connectivity index (χ0) is 15.6. The van der Waals surface area contributed by atoms with E-state index in [1.54, 1.807) is 13.1 Å². The van der Waals surface area contributed by atoms with E-state index in [2.05, 4.69) is 4.98 Å². The van der Waals surface area contributed by atoms with Crippen molar-refractivity contribution in [2.24, 2.45) is 0 Å². The number of rotatable bonds is 5. The SMILES string of the molecule is Cc1cnc(-c2cc(OC(C)CO)cc(C(=O)O)c2F)s1. The highest BCUT2D eigenvalue weighted by molar-refractivity contribution is 7.14. The smallest absolute Gasteiger partial charge is 0.338 e. The van der Waals surface area contributed by atoms with Gasteiger partial charge in [-0.05, 0) is 26.0 Å². The van der Waals surface area contributed by atoms with Crippen LogP contribution < -0.4 is 4.74 Å². The minimum Gasteiger partial charge on any atom is -0.488 e. The van der Waals surface area contributed by atoms with Gasteiger partial charge in [-0.1, -0.05) is 0 Å². The number of aryl methyl sites for hydroxylation is 1. The Labute approximate surface area is 124 Å². The fraction of sp³-hybridized carbons (Fsp3) is 0.286. The molecule has 7 heteroatoms. The lowest BCUT2D eigenvalue weighted by Crippen LogP contribution is -2.17. The van der Waals surface area contributed by atoms with E-state index in [4.69, 9.17) is 14.9 Å². The maximum atomic E-state index is 14.3. The normalized spacial score (nSPS) is 12.2. The van der Waals surface area contributed by atoms with Crippen LogP contribution in [-0.2, 0) is 0 Å². The molecule has 1 unspecified atom stereocenters. The number of aromatic carboxylic acids is 1. The number of benzene rings is 1. The number of hydrogen-bond donors (Lipinski definition) is 2. The summed E-state index contributed by atoms with van der Waals surface area (Å²) >= 11 is 1.26. The summed E-state index contributed by atoms with van der Waals surface area (Å²) in [5.74, 6) is -2.05. The lowest BCUT2D eigenvalue weighted by Gasteiger charge is -2.14. The Morgan fingerprint density at radius 3 is 2.76 bits per heavy atom. The van der Waals surface area contributed by atoms with Crippen molar-refractivity contribution >= 4 is 17.3 Å². The first-order valence-electron chi connectivity index (χ1n) is 6.19. The molecule has 0 spiro atoms. The van der Waals surface area contributed by atoms with Crippen LogP contribution in [-0.4, -0.2) is 33.9 Å². The molecule has 0 aliphatic carbocycles. The Morgan fingerprint density at radius 2 is 2.24 bits per heavy atom. The van der Waals surface area contributed by atoms with Gasteiger partial charge in [-0.2, -0.15) is 0 Å². The van der Waals surface area contributed by atoms with Crippen LogP contribution >= 0.6 is 11.3 Å². The predicted octanol–water partition coefficient (Wildman–Crippen LogP) is 2.72. The van der Waals surface area contributed by atoms with Gasteiger partial charge in [-0.15, -0.1) is 11.3 Å². The molecule has 0 aliphatic heterocycles. The molecule has 0 aliphatic rings. The molecule has 5 nitrogen and oxygen atoms in total. The Bertz CT molecular complexity index is 671. The average molecular weight is 311 g/mol. The van der Waals surface area contributed by atoms with Gasteiger partial charge in [0.05, 0.1) is 17.7 Å². The molecule has 1 aromatic carbocycles. The van der Waals surface area contributed by atoms with Crippen LogP contribution in [0.3, 0.4) is 0 Å². The third kappa shape index (κ3) is 3.37. The lowest BCUT2D eigenvalue weighted by molar-refractivity contribution is 0.0690. The van der Waals surface area contributed by atoms with Crippen LogP contribution in [0, 0.1) is 12.7 Å². The zero-order valence-electron chi connectivity index (χ0n) is 11.5. The molecule has 2 rings (SSSR count). The van der Waals surface area contributed by atoms with Crippen LogP contribution in [0.25, 0.3) is 10.6 Å². The largest absolute Gasteiger partial charge is 0.488 e. The molecule has 1 atom stereocenters. The molecule has 0 saturated heterocycles. The standard InChI is InChI=1S/C14H14FNO4S/c1-7(6-17)20-9-3-10(13-16-5-8(2)21-13)12(15)11(4-9)14(18)19/h3-5,7,17H,6H2,1-2H3,(H,18,19). The minimum absolute atomic E-state index is 0.0770. The molecule has 21 heavy (non-hydrogen) atoms. The van der Waals surface area contributed by atoms with Gasteiger partial charge in [0.1, 0.15) is 22.7 Å². The third-order valence-electron chi connectivity index (χ3n) is 2.72. The molecular weight excluding hydrogens is 297 g/mol. The number of carbonyl (C=O) groups is 1. The number of aliphatic hydroxyl groups is 1. The predicted molar refractivity (Wildman–Crippen MR) is 76.4 cm³/mol. The first-order chi connectivity index (χ1) is 9.92. The van der Waals surface area contributed by atoms with Crippen molar-refractivity contribution in [3.05, 3.63) is 34.6 Å². The average Bonchev–Trinajstić information content (AvgIpc) is 2.86. The molecule has 0 radical (unpaired) electrons. The van der Waals surface area contributed by atoms with Crippen molar-refractivity contribution in [1.29, 1.82) is 0 Å². The number of hydrogen-bond acceptors (Lipinski definition) is 5. The van der Waals surface area contributed by atoms with Crippen molar-refractivity contribution in [3.63, 3.8) is 0 Å². The molecular formula is C14H14FNO4S. The second-order valence-electron chi connectivity index (χ2n) is 4.52. The summed E-state index contributed by atoms with van der Waals surface area (Å²) in [5, 5.41) is 18.5. The Kier molecular flexibility index (Phi) is 4.54. The first kappa shape index (κ1) is 15.4. The van der Waals surface area contributed by atoms with Gasteiger partial charge in [0.25, 0.3) is 0 Å². The Hall–Kier alpha value is -1.99. The van der Waals surface area contributed by atoms with Gasteiger partial charge in [-0.3, -0.25) is 0 Å². The van der Waals surface area contributed by atoms with Gasteiger partial charge in [0.15, 0.2) is 0 Å². The summed E-state index contributed by atoms with van der Waals surface area (Å²) < 4.78 is 19.7. The van der Waals surface area contributed by atoms with Gasteiger partial charge >= 0.3 is 5.97 Å². The van der Waals surface area contributed by atoms with E-state index < -0.39 is 23.5 Å². The highest BCUT2D eigenvalue weighted by Crippen LogP contribution is 2.33. The Morgan fingerprint density at radius 1 is 1.52 bits per heavy atom. The van der Waals surface area contributed by atoms with Crippen molar-refractivity contribution in [2.75, 3.05) is 6.61 Å². The summed E-state index contributed by atoms with van der Waals surface area (Å²) in [4.78, 5) is 16.1. The maximum absolute atomic E-state index is 14.3. The molecule has 0 fully saturated rings. The summed E-state index contributed by atoms with van der Waals surface area (Å²) in [6.45, 7) is 3.22. The second kappa shape index (κ2) is 6.19. The highest BCUT2D eigenvalue weighted by atomic mass is 32.1. The minimum atomic E-state index is -1.39. The van der Waals surface area contributed by atoms with E-state index in [1.807, 2.05) is 6.92 Å². The molecule has 112 valence electrons. The summed E-state index contributed by atoms with van der Waals surface area (Å²) in [6.07, 6.45) is 1.06. The van der Waals surface area contributed by atoms with Gasteiger partial charge in [0, 0.05) is 11.1 Å². The number of nitrogens with zero attached hydrogens (tertiary/aromatic N) is 1. The molecule has 0 saturated carbocycles. The molecule has 1 aromatic heterocycles. The third-order valence-corrected chi connectivity index (χ3v) is 3.67.